The molecule has 1 heteroatoms. The molecule has 0 heterocycles. The molecular weight excluding hydrogens is 506 g/mol. The lowest BCUT2D eigenvalue weighted by molar-refractivity contribution is 0.667. The molecule has 0 aromatic heterocycles. The van der Waals surface area contributed by atoms with Crippen LogP contribution in [0.4, 0.5) is 17.1 Å². The first-order chi connectivity index (χ1) is 20.4. The van der Waals surface area contributed by atoms with E-state index in [0.717, 1.165) is 5.69 Å². The third-order valence-corrected chi connectivity index (χ3v) is 9.51. The third kappa shape index (κ3) is 3.43. The van der Waals surface area contributed by atoms with Crippen LogP contribution in [-0.2, 0) is 5.41 Å². The number of fused-ring (bicyclic) bond motifs is 10. The minimum atomic E-state index is -0.182. The molecule has 0 saturated carbocycles. The Labute approximate surface area is 247 Å². The molecule has 8 rings (SSSR count). The van der Waals surface area contributed by atoms with Crippen molar-refractivity contribution >= 4 is 49.4 Å². The van der Waals surface area contributed by atoms with Gasteiger partial charge in [0.2, 0.25) is 0 Å². The second-order valence-corrected chi connectivity index (χ2v) is 12.3. The van der Waals surface area contributed by atoms with Gasteiger partial charge in [-0.25, -0.2) is 0 Å². The molecule has 1 aliphatic carbocycles. The Hall–Kier alpha value is -4.88. The lowest BCUT2D eigenvalue weighted by Crippen LogP contribution is -2.17. The summed E-state index contributed by atoms with van der Waals surface area (Å²) in [7, 11) is 0. The van der Waals surface area contributed by atoms with Gasteiger partial charge in [-0.2, -0.15) is 0 Å². The van der Waals surface area contributed by atoms with E-state index >= 15 is 0 Å². The summed E-state index contributed by atoms with van der Waals surface area (Å²) < 4.78 is 0. The minimum Gasteiger partial charge on any atom is -0.310 e. The number of hydrogen-bond acceptors (Lipinski definition) is 1. The fraction of sp³-hybridized carbons (Fsp3) is 0.122. The van der Waals surface area contributed by atoms with Crippen LogP contribution in [0, 0.1) is 13.8 Å². The maximum atomic E-state index is 2.49. The Morgan fingerprint density at radius 2 is 1.00 bits per heavy atom. The van der Waals surface area contributed by atoms with E-state index in [1.54, 1.807) is 0 Å². The minimum absolute atomic E-state index is 0.182. The normalized spacial score (nSPS) is 13.4. The first-order valence-corrected chi connectivity index (χ1v) is 14.9. The maximum Gasteiger partial charge on any atom is 0.0543 e. The SMILES string of the molecule is Cc1ccc(N(c2ccccc2)c2cc3c(c4ccccc24)-c2c(c4ccccc4c4ccccc24)C3(C)C)cc1C. The lowest BCUT2D eigenvalue weighted by atomic mass is 9.79. The summed E-state index contributed by atoms with van der Waals surface area (Å²) in [5, 5.41) is 7.92. The molecule has 202 valence electrons. The molecule has 1 aliphatic rings. The average molecular weight is 540 g/mol. The third-order valence-electron chi connectivity index (χ3n) is 9.51. The highest BCUT2D eigenvalue weighted by atomic mass is 15.1. The van der Waals surface area contributed by atoms with Crippen LogP contribution in [0.1, 0.15) is 36.1 Å². The van der Waals surface area contributed by atoms with Crippen molar-refractivity contribution in [1.82, 2.24) is 0 Å². The van der Waals surface area contributed by atoms with Crippen molar-refractivity contribution in [2.45, 2.75) is 33.1 Å². The highest BCUT2D eigenvalue weighted by Gasteiger charge is 2.40. The summed E-state index contributed by atoms with van der Waals surface area (Å²) in [4.78, 5) is 2.45. The zero-order valence-corrected chi connectivity index (χ0v) is 24.6. The Kier molecular flexibility index (Phi) is 5.37. The molecule has 0 aliphatic heterocycles. The molecule has 42 heavy (non-hydrogen) atoms. The molecule has 0 N–H and O–H groups in total. The highest BCUT2D eigenvalue weighted by molar-refractivity contribution is 6.22. The lowest BCUT2D eigenvalue weighted by Gasteiger charge is -2.30. The van der Waals surface area contributed by atoms with Gasteiger partial charge in [-0.1, -0.05) is 111 Å². The van der Waals surface area contributed by atoms with Gasteiger partial charge in [0.25, 0.3) is 0 Å². The Balaban J connectivity index is 1.52. The van der Waals surface area contributed by atoms with E-state index in [1.165, 1.54) is 77.1 Å². The predicted octanol–water partition coefficient (Wildman–Crippen LogP) is 11.5. The van der Waals surface area contributed by atoms with E-state index in [-0.39, 0.29) is 5.41 Å². The van der Waals surface area contributed by atoms with Crippen LogP contribution in [0.2, 0.25) is 0 Å². The van der Waals surface area contributed by atoms with E-state index in [2.05, 4.69) is 160 Å². The van der Waals surface area contributed by atoms with Crippen molar-refractivity contribution in [3.8, 4) is 11.1 Å². The zero-order chi connectivity index (χ0) is 28.6. The molecule has 7 aromatic carbocycles. The van der Waals surface area contributed by atoms with Crippen LogP contribution in [-0.4, -0.2) is 0 Å². The summed E-state index contributed by atoms with van der Waals surface area (Å²) in [6.45, 7) is 9.23. The molecule has 1 nitrogen and oxygen atoms in total. The number of nitrogens with zero attached hydrogens (tertiary/aromatic N) is 1. The van der Waals surface area contributed by atoms with Gasteiger partial charge in [-0.05, 0) is 104 Å². The van der Waals surface area contributed by atoms with Gasteiger partial charge < -0.3 is 4.90 Å². The largest absolute Gasteiger partial charge is 0.310 e. The topological polar surface area (TPSA) is 3.24 Å². The average Bonchev–Trinajstić information content (AvgIpc) is 3.27. The van der Waals surface area contributed by atoms with E-state index in [4.69, 9.17) is 0 Å². The molecule has 0 atom stereocenters. The molecule has 0 fully saturated rings. The van der Waals surface area contributed by atoms with Gasteiger partial charge >= 0.3 is 0 Å². The van der Waals surface area contributed by atoms with Crippen LogP contribution in [0.5, 0.6) is 0 Å². The molecular formula is C41H33N. The molecule has 0 unspecified atom stereocenters. The predicted molar refractivity (Wildman–Crippen MR) is 181 cm³/mol. The Morgan fingerprint density at radius 1 is 0.452 bits per heavy atom. The van der Waals surface area contributed by atoms with Gasteiger partial charge in [0, 0.05) is 22.2 Å². The summed E-state index contributed by atoms with van der Waals surface area (Å²) in [5.74, 6) is 0. The number of anilines is 3. The van der Waals surface area contributed by atoms with E-state index in [0.29, 0.717) is 0 Å². The van der Waals surface area contributed by atoms with E-state index < -0.39 is 0 Å². The van der Waals surface area contributed by atoms with Gasteiger partial charge in [-0.15, -0.1) is 0 Å². The maximum absolute atomic E-state index is 2.49. The first kappa shape index (κ1) is 24.9. The van der Waals surface area contributed by atoms with Crippen molar-refractivity contribution in [2.75, 3.05) is 4.90 Å². The van der Waals surface area contributed by atoms with Crippen molar-refractivity contribution in [3.05, 3.63) is 150 Å². The quantitative estimate of drug-likeness (QED) is 0.202. The van der Waals surface area contributed by atoms with Crippen molar-refractivity contribution in [1.29, 1.82) is 0 Å². The van der Waals surface area contributed by atoms with Gasteiger partial charge in [0.05, 0.1) is 5.69 Å². The monoisotopic (exact) mass is 539 g/mol. The zero-order valence-electron chi connectivity index (χ0n) is 24.6. The smallest absolute Gasteiger partial charge is 0.0543 e. The van der Waals surface area contributed by atoms with E-state index in [1.807, 2.05) is 0 Å². The fourth-order valence-electron chi connectivity index (χ4n) is 7.36. The van der Waals surface area contributed by atoms with Gasteiger partial charge in [0.15, 0.2) is 0 Å². The second-order valence-electron chi connectivity index (χ2n) is 12.3. The molecule has 0 amide bonds. The van der Waals surface area contributed by atoms with Crippen LogP contribution in [0.15, 0.2) is 127 Å². The standard InChI is InChI=1S/C41H33N/c1-26-22-23-29(24-27(26)2)42(28-14-6-5-7-15-28)37-25-36-38(34-20-12-10-18-32(34)37)39-33-19-11-8-16-30(33)31-17-9-13-21-35(31)40(39)41(36,3)4/h5-25H,1-4H3. The number of aryl methyl sites for hydroxylation is 2. The molecule has 7 aromatic rings. The molecule has 0 saturated heterocycles. The van der Waals surface area contributed by atoms with Crippen LogP contribution < -0.4 is 4.90 Å². The van der Waals surface area contributed by atoms with Crippen molar-refractivity contribution in [2.24, 2.45) is 0 Å². The number of hydrogen-bond donors (Lipinski definition) is 0. The van der Waals surface area contributed by atoms with Crippen LogP contribution in [0.3, 0.4) is 0 Å². The molecule has 0 bridgehead atoms. The number of rotatable bonds is 3. The summed E-state index contributed by atoms with van der Waals surface area (Å²) in [6, 6.07) is 47.1. The Bertz CT molecular complexity index is 2190. The van der Waals surface area contributed by atoms with Gasteiger partial charge in [-0.3, -0.25) is 0 Å². The number of para-hydroxylation sites is 1. The Morgan fingerprint density at radius 3 is 1.67 bits per heavy atom. The molecule has 0 radical (unpaired) electrons. The van der Waals surface area contributed by atoms with Gasteiger partial charge in [0.1, 0.15) is 0 Å². The highest BCUT2D eigenvalue weighted by Crippen LogP contribution is 2.58. The van der Waals surface area contributed by atoms with E-state index in [9.17, 15) is 0 Å². The van der Waals surface area contributed by atoms with Crippen LogP contribution >= 0.6 is 0 Å². The van der Waals surface area contributed by atoms with Crippen LogP contribution in [0.25, 0.3) is 43.4 Å². The summed E-state index contributed by atoms with van der Waals surface area (Å²) in [5.41, 5.74) is 11.6. The first-order valence-electron chi connectivity index (χ1n) is 14.9. The number of benzene rings is 7. The van der Waals surface area contributed by atoms with Crippen molar-refractivity contribution in [3.63, 3.8) is 0 Å². The molecule has 0 spiro atoms. The fourth-order valence-corrected chi connectivity index (χ4v) is 7.36. The van der Waals surface area contributed by atoms with Crippen molar-refractivity contribution < 1.29 is 0 Å². The summed E-state index contributed by atoms with van der Waals surface area (Å²) in [6.07, 6.45) is 0. The second kappa shape index (κ2) is 9.06. The summed E-state index contributed by atoms with van der Waals surface area (Å²) >= 11 is 0.